The molecule has 1 heterocycles. The third-order valence-electron chi connectivity index (χ3n) is 4.96. The summed E-state index contributed by atoms with van der Waals surface area (Å²) in [6.45, 7) is 0. The lowest BCUT2D eigenvalue weighted by Gasteiger charge is -2.16. The van der Waals surface area contributed by atoms with E-state index in [1.165, 1.54) is 18.2 Å². The van der Waals surface area contributed by atoms with Crippen molar-refractivity contribution >= 4 is 57.0 Å². The van der Waals surface area contributed by atoms with Gasteiger partial charge in [-0.3, -0.25) is 14.9 Å². The van der Waals surface area contributed by atoms with Crippen molar-refractivity contribution in [1.29, 1.82) is 0 Å². The highest BCUT2D eigenvalue weighted by Gasteiger charge is 2.31. The lowest BCUT2D eigenvalue weighted by Crippen LogP contribution is -2.21. The number of halogens is 4. The molecular weight excluding hydrogens is 505 g/mol. The minimum atomic E-state index is -4.63. The first-order valence-corrected chi connectivity index (χ1v) is 10.4. The van der Waals surface area contributed by atoms with E-state index in [0.717, 1.165) is 18.5 Å². The molecule has 0 saturated heterocycles. The molecule has 184 valence electrons. The van der Waals surface area contributed by atoms with Crippen LogP contribution in [-0.2, 0) is 6.18 Å². The summed E-state index contributed by atoms with van der Waals surface area (Å²) in [7, 11) is 0. The fourth-order valence-electron chi connectivity index (χ4n) is 3.34. The summed E-state index contributed by atoms with van der Waals surface area (Å²) < 4.78 is 39.0. The highest BCUT2D eigenvalue weighted by Crippen LogP contribution is 2.35. The van der Waals surface area contributed by atoms with Gasteiger partial charge in [-0.1, -0.05) is 23.7 Å². The Labute approximate surface area is 204 Å². The normalized spacial score (nSPS) is 11.2. The molecule has 0 atom stereocenters. The molecule has 1 aromatic heterocycles. The number of carbonyl (C=O) groups is 1. The number of hydrogen-bond acceptors (Lipinski definition) is 6. The Morgan fingerprint density at radius 2 is 1.69 bits per heavy atom. The molecule has 0 spiro atoms. The van der Waals surface area contributed by atoms with Gasteiger partial charge in [0.25, 0.3) is 11.2 Å². The fourth-order valence-corrected chi connectivity index (χ4v) is 3.50. The smallest absolute Gasteiger partial charge is 0.353 e. The number of nitro groups is 1. The Bertz CT molecular complexity index is 1560. The van der Waals surface area contributed by atoms with E-state index in [4.69, 9.17) is 11.6 Å². The van der Waals surface area contributed by atoms with E-state index < -0.39 is 28.3 Å². The molecule has 36 heavy (non-hydrogen) atoms. The summed E-state index contributed by atoms with van der Waals surface area (Å²) in [5, 5.41) is 18.8. The van der Waals surface area contributed by atoms with Gasteiger partial charge in [0.2, 0.25) is 0 Å². The predicted octanol–water partition coefficient (Wildman–Crippen LogP) is 5.89. The van der Waals surface area contributed by atoms with Crippen LogP contribution in [0.15, 0.2) is 65.7 Å². The second-order valence-electron chi connectivity index (χ2n) is 7.29. The van der Waals surface area contributed by atoms with Crippen LogP contribution in [0.25, 0.3) is 10.9 Å². The van der Waals surface area contributed by atoms with E-state index in [1.54, 1.807) is 18.2 Å². The zero-order valence-electron chi connectivity index (χ0n) is 17.8. The molecule has 4 N–H and O–H groups in total. The lowest BCUT2D eigenvalue weighted by molar-refractivity contribution is -0.383. The molecule has 10 nitrogen and oxygen atoms in total. The average Bonchev–Trinajstić information content (AvgIpc) is 2.81. The zero-order valence-corrected chi connectivity index (χ0v) is 18.6. The van der Waals surface area contributed by atoms with Crippen LogP contribution in [0, 0.1) is 10.1 Å². The zero-order chi connectivity index (χ0) is 26.0. The Kier molecular flexibility index (Phi) is 6.49. The van der Waals surface area contributed by atoms with Crippen molar-refractivity contribution in [2.45, 2.75) is 6.18 Å². The molecule has 0 fully saturated rings. The number of carbonyl (C=O) groups excluding carboxylic acids is 1. The van der Waals surface area contributed by atoms with Crippen molar-refractivity contribution in [2.75, 3.05) is 16.0 Å². The van der Waals surface area contributed by atoms with E-state index >= 15 is 0 Å². The van der Waals surface area contributed by atoms with Crippen molar-refractivity contribution < 1.29 is 22.9 Å². The summed E-state index contributed by atoms with van der Waals surface area (Å²) in [6.07, 6.45) is -3.59. The number of fused-ring (bicyclic) bond motifs is 1. The first kappa shape index (κ1) is 24.5. The van der Waals surface area contributed by atoms with Crippen LogP contribution in [0.2, 0.25) is 5.02 Å². The van der Waals surface area contributed by atoms with Crippen molar-refractivity contribution in [1.82, 2.24) is 9.97 Å². The summed E-state index contributed by atoms with van der Waals surface area (Å²) in [4.78, 5) is 41.9. The van der Waals surface area contributed by atoms with Gasteiger partial charge >= 0.3 is 12.2 Å². The molecule has 2 amide bonds. The van der Waals surface area contributed by atoms with Gasteiger partial charge in [0, 0.05) is 6.07 Å². The first-order chi connectivity index (χ1) is 17.0. The van der Waals surface area contributed by atoms with E-state index in [0.29, 0.717) is 6.07 Å². The average molecular weight is 519 g/mol. The number of nitrogens with zero attached hydrogens (tertiary/aromatic N) is 2. The number of aromatic amines is 1. The minimum absolute atomic E-state index is 0.0818. The Morgan fingerprint density at radius 1 is 1.00 bits per heavy atom. The van der Waals surface area contributed by atoms with E-state index in [1.807, 2.05) is 0 Å². The SMILES string of the molecule is O=C(Nc1cc(C(F)(F)F)ccc1Cl)Nc1ccccc1Nc1ccc([N+](=O)[O-])c2nc[nH]c(=O)c12. The van der Waals surface area contributed by atoms with Gasteiger partial charge in [-0.05, 0) is 36.4 Å². The third kappa shape index (κ3) is 5.05. The van der Waals surface area contributed by atoms with Gasteiger partial charge in [0.15, 0.2) is 5.52 Å². The topological polar surface area (TPSA) is 142 Å². The van der Waals surface area contributed by atoms with Crippen LogP contribution < -0.4 is 21.5 Å². The monoisotopic (exact) mass is 518 g/mol. The number of nitrogens with one attached hydrogen (secondary N) is 4. The highest BCUT2D eigenvalue weighted by atomic mass is 35.5. The number of alkyl halides is 3. The summed E-state index contributed by atoms with van der Waals surface area (Å²) >= 11 is 5.93. The number of nitro benzene ring substituents is 1. The molecule has 0 radical (unpaired) electrons. The van der Waals surface area contributed by atoms with Gasteiger partial charge in [0.05, 0.1) is 50.0 Å². The molecule has 3 aromatic carbocycles. The summed E-state index contributed by atoms with van der Waals surface area (Å²) in [5.74, 6) is 0. The number of urea groups is 1. The second kappa shape index (κ2) is 9.54. The molecule has 0 aliphatic carbocycles. The summed E-state index contributed by atoms with van der Waals surface area (Å²) in [6, 6.07) is 10.3. The van der Waals surface area contributed by atoms with Gasteiger partial charge in [-0.2, -0.15) is 13.2 Å². The number of amides is 2. The molecule has 0 unspecified atom stereocenters. The molecule has 0 bridgehead atoms. The third-order valence-corrected chi connectivity index (χ3v) is 5.29. The van der Waals surface area contributed by atoms with Crippen molar-refractivity contribution in [3.8, 4) is 0 Å². The van der Waals surface area contributed by atoms with Crippen LogP contribution in [0.1, 0.15) is 5.56 Å². The van der Waals surface area contributed by atoms with Gasteiger partial charge < -0.3 is 20.9 Å². The number of non-ortho nitro benzene ring substituents is 1. The largest absolute Gasteiger partial charge is 0.416 e. The molecule has 0 aliphatic rings. The molecule has 4 rings (SSSR count). The van der Waals surface area contributed by atoms with Gasteiger partial charge in [-0.15, -0.1) is 0 Å². The number of anilines is 4. The van der Waals surface area contributed by atoms with Crippen molar-refractivity contribution in [2.24, 2.45) is 0 Å². The maximum absolute atomic E-state index is 13.0. The van der Waals surface area contributed by atoms with E-state index in [2.05, 4.69) is 25.9 Å². The maximum Gasteiger partial charge on any atom is 0.416 e. The van der Waals surface area contributed by atoms with Crippen LogP contribution in [0.5, 0.6) is 0 Å². The maximum atomic E-state index is 13.0. The van der Waals surface area contributed by atoms with Gasteiger partial charge in [-0.25, -0.2) is 9.78 Å². The molecule has 0 aliphatic heterocycles. The number of rotatable bonds is 5. The summed E-state index contributed by atoms with van der Waals surface area (Å²) in [5.41, 5.74) is -1.76. The molecule has 0 saturated carbocycles. The lowest BCUT2D eigenvalue weighted by atomic mass is 10.1. The number of benzene rings is 3. The highest BCUT2D eigenvalue weighted by molar-refractivity contribution is 6.33. The van der Waals surface area contributed by atoms with Crippen LogP contribution in [-0.4, -0.2) is 20.9 Å². The van der Waals surface area contributed by atoms with E-state index in [-0.39, 0.29) is 44.4 Å². The van der Waals surface area contributed by atoms with Crippen LogP contribution in [0.4, 0.5) is 46.4 Å². The predicted molar refractivity (Wildman–Crippen MR) is 128 cm³/mol. The quantitative estimate of drug-likeness (QED) is 0.192. The number of para-hydroxylation sites is 2. The number of H-pyrrole nitrogens is 1. The number of aromatic nitrogens is 2. The van der Waals surface area contributed by atoms with Crippen LogP contribution >= 0.6 is 11.6 Å². The molecule has 14 heteroatoms. The Morgan fingerprint density at radius 3 is 2.39 bits per heavy atom. The van der Waals surface area contributed by atoms with Gasteiger partial charge in [0.1, 0.15) is 0 Å². The Balaban J connectivity index is 1.63. The minimum Gasteiger partial charge on any atom is -0.353 e. The van der Waals surface area contributed by atoms with Crippen molar-refractivity contribution in [3.63, 3.8) is 0 Å². The standard InChI is InChI=1S/C22H14ClF3N6O4/c23-12-6-5-11(22(24,25)26)9-16(12)31-21(34)30-14-4-2-1-3-13(14)29-15-7-8-17(32(35)36)19-18(15)20(33)28-10-27-19/h1-10,29H,(H,27,28,33)(H2,30,31,34). The number of hydrogen-bond donors (Lipinski definition) is 4. The van der Waals surface area contributed by atoms with Crippen molar-refractivity contribution in [3.05, 3.63) is 92.0 Å². The fraction of sp³-hybridized carbons (Fsp3) is 0.0455. The van der Waals surface area contributed by atoms with Crippen LogP contribution in [0.3, 0.4) is 0 Å². The second-order valence-corrected chi connectivity index (χ2v) is 7.69. The van der Waals surface area contributed by atoms with E-state index in [9.17, 15) is 32.9 Å². The first-order valence-electron chi connectivity index (χ1n) is 10.00. The molecule has 4 aromatic rings. The molecular formula is C22H14ClF3N6O4. The Hall–Kier alpha value is -4.65.